The van der Waals surface area contributed by atoms with Crippen LogP contribution in [-0.4, -0.2) is 132 Å². The molecule has 0 N–H and O–H groups in total. The second kappa shape index (κ2) is 23.3. The van der Waals surface area contributed by atoms with Crippen molar-refractivity contribution in [3.05, 3.63) is 0 Å². The number of hydrogen-bond donors (Lipinski definition) is 0. The lowest BCUT2D eigenvalue weighted by Gasteiger charge is -2.08. The summed E-state index contributed by atoms with van der Waals surface area (Å²) in [5.74, 6) is 0. The molecule has 0 saturated carbocycles. The van der Waals surface area contributed by atoms with E-state index in [2.05, 4.69) is 0 Å². The molecule has 1 fully saturated rings. The minimum absolute atomic E-state index is 0.306. The third-order valence-electron chi connectivity index (χ3n) is 3.74. The lowest BCUT2D eigenvalue weighted by atomic mass is 10.5. The lowest BCUT2D eigenvalue weighted by Crippen LogP contribution is -2.15. The first-order chi connectivity index (χ1) is 14.9. The van der Waals surface area contributed by atoms with Crippen LogP contribution < -0.4 is 0 Å². The van der Waals surface area contributed by atoms with Crippen molar-refractivity contribution in [2.45, 2.75) is 6.10 Å². The molecular formula is C20H40O10. The number of ether oxygens (including phenoxy) is 10. The van der Waals surface area contributed by atoms with Gasteiger partial charge < -0.3 is 47.4 Å². The molecule has 30 heavy (non-hydrogen) atoms. The van der Waals surface area contributed by atoms with E-state index >= 15 is 0 Å². The highest BCUT2D eigenvalue weighted by Crippen LogP contribution is 2.07. The Labute approximate surface area is 180 Å². The molecule has 0 aromatic carbocycles. The Hall–Kier alpha value is -0.400. The fourth-order valence-corrected chi connectivity index (χ4v) is 2.06. The molecule has 1 unspecified atom stereocenters. The predicted octanol–water partition coefficient (Wildman–Crippen LogP) is 0.164. The van der Waals surface area contributed by atoms with E-state index in [0.717, 1.165) is 6.61 Å². The van der Waals surface area contributed by atoms with Crippen LogP contribution >= 0.6 is 0 Å². The third kappa shape index (κ3) is 22.3. The van der Waals surface area contributed by atoms with E-state index in [1.165, 1.54) is 0 Å². The van der Waals surface area contributed by atoms with Crippen molar-refractivity contribution in [1.29, 1.82) is 0 Å². The van der Waals surface area contributed by atoms with Crippen LogP contribution in [0.15, 0.2) is 0 Å². The molecule has 10 nitrogen and oxygen atoms in total. The Morgan fingerprint density at radius 1 is 0.467 bits per heavy atom. The van der Waals surface area contributed by atoms with Crippen LogP contribution in [0, 0.1) is 0 Å². The zero-order valence-electron chi connectivity index (χ0n) is 18.4. The third-order valence-corrected chi connectivity index (χ3v) is 3.74. The van der Waals surface area contributed by atoms with Gasteiger partial charge in [-0.1, -0.05) is 0 Å². The standard InChI is InChI=1S/C20H40O10/c1-21-2-3-22-4-5-23-6-7-24-8-9-25-10-11-26-12-13-27-14-15-28-16-17-29-18-20-19-30-20/h20H,2-19H2,1H3. The molecule has 1 aliphatic heterocycles. The minimum Gasteiger partial charge on any atom is -0.382 e. The summed E-state index contributed by atoms with van der Waals surface area (Å²) in [6.07, 6.45) is 0.306. The maximum atomic E-state index is 5.43. The van der Waals surface area contributed by atoms with E-state index in [1.54, 1.807) is 7.11 Å². The highest BCUT2D eigenvalue weighted by Gasteiger charge is 2.21. The summed E-state index contributed by atoms with van der Waals surface area (Å²) in [5.41, 5.74) is 0. The van der Waals surface area contributed by atoms with E-state index in [1.807, 2.05) is 0 Å². The Balaban J connectivity index is 1.58. The van der Waals surface area contributed by atoms with Crippen LogP contribution in [0.2, 0.25) is 0 Å². The molecule has 1 aliphatic rings. The molecule has 180 valence electrons. The van der Waals surface area contributed by atoms with Gasteiger partial charge in [0.1, 0.15) is 6.10 Å². The zero-order valence-corrected chi connectivity index (χ0v) is 18.4. The van der Waals surface area contributed by atoms with Gasteiger partial charge in [0.2, 0.25) is 0 Å². The quantitative estimate of drug-likeness (QED) is 0.137. The summed E-state index contributed by atoms with van der Waals surface area (Å²) in [6, 6.07) is 0. The molecule has 0 aromatic rings. The van der Waals surface area contributed by atoms with Gasteiger partial charge in [-0.25, -0.2) is 0 Å². The summed E-state index contributed by atoms with van der Waals surface area (Å²) >= 11 is 0. The van der Waals surface area contributed by atoms with Gasteiger partial charge in [-0.15, -0.1) is 0 Å². The first kappa shape index (κ1) is 27.6. The highest BCUT2D eigenvalue weighted by molar-refractivity contribution is 4.66. The molecule has 0 radical (unpaired) electrons. The molecule has 1 heterocycles. The molecule has 1 atom stereocenters. The Kier molecular flexibility index (Phi) is 21.4. The van der Waals surface area contributed by atoms with Crippen molar-refractivity contribution < 1.29 is 47.4 Å². The van der Waals surface area contributed by atoms with Crippen LogP contribution in [0.4, 0.5) is 0 Å². The number of epoxide rings is 1. The highest BCUT2D eigenvalue weighted by atomic mass is 16.6. The van der Waals surface area contributed by atoms with Gasteiger partial charge in [0, 0.05) is 7.11 Å². The van der Waals surface area contributed by atoms with E-state index in [9.17, 15) is 0 Å². The zero-order chi connectivity index (χ0) is 21.4. The first-order valence-electron chi connectivity index (χ1n) is 10.7. The van der Waals surface area contributed by atoms with Crippen LogP contribution in [-0.2, 0) is 47.4 Å². The van der Waals surface area contributed by atoms with Crippen molar-refractivity contribution in [2.24, 2.45) is 0 Å². The van der Waals surface area contributed by atoms with Gasteiger partial charge in [-0.3, -0.25) is 0 Å². The molecule has 1 saturated heterocycles. The molecular weight excluding hydrogens is 400 g/mol. The lowest BCUT2D eigenvalue weighted by molar-refractivity contribution is -0.0245. The molecule has 0 bridgehead atoms. The number of methoxy groups -OCH3 is 1. The molecule has 0 aromatic heterocycles. The maximum absolute atomic E-state index is 5.43. The van der Waals surface area contributed by atoms with E-state index in [4.69, 9.17) is 47.4 Å². The van der Waals surface area contributed by atoms with E-state index in [0.29, 0.717) is 118 Å². The monoisotopic (exact) mass is 440 g/mol. The van der Waals surface area contributed by atoms with Gasteiger partial charge in [-0.05, 0) is 0 Å². The van der Waals surface area contributed by atoms with Gasteiger partial charge in [0.25, 0.3) is 0 Å². The average Bonchev–Trinajstić information content (AvgIpc) is 3.58. The van der Waals surface area contributed by atoms with E-state index < -0.39 is 0 Å². The van der Waals surface area contributed by atoms with Crippen LogP contribution in [0.1, 0.15) is 0 Å². The van der Waals surface area contributed by atoms with Crippen molar-refractivity contribution in [3.8, 4) is 0 Å². The van der Waals surface area contributed by atoms with Crippen LogP contribution in [0.5, 0.6) is 0 Å². The van der Waals surface area contributed by atoms with Crippen molar-refractivity contribution in [1.82, 2.24) is 0 Å². The topological polar surface area (TPSA) is 95.6 Å². The summed E-state index contributed by atoms with van der Waals surface area (Å²) in [4.78, 5) is 0. The Morgan fingerprint density at radius 3 is 1.00 bits per heavy atom. The van der Waals surface area contributed by atoms with Gasteiger partial charge in [0.15, 0.2) is 0 Å². The number of rotatable bonds is 26. The van der Waals surface area contributed by atoms with Crippen molar-refractivity contribution >= 4 is 0 Å². The minimum atomic E-state index is 0.306. The summed E-state index contributed by atoms with van der Waals surface area (Å²) in [5, 5.41) is 0. The van der Waals surface area contributed by atoms with E-state index in [-0.39, 0.29) is 0 Å². The fraction of sp³-hybridized carbons (Fsp3) is 1.00. The second-order valence-corrected chi connectivity index (χ2v) is 6.31. The SMILES string of the molecule is COCCOCCOCCOCCOCCOCCOCCOCCOCC1CO1. The van der Waals surface area contributed by atoms with Crippen LogP contribution in [0.3, 0.4) is 0 Å². The Bertz CT molecular complexity index is 331. The molecule has 1 rings (SSSR count). The molecule has 0 amide bonds. The molecule has 0 spiro atoms. The predicted molar refractivity (Wildman–Crippen MR) is 108 cm³/mol. The average molecular weight is 441 g/mol. The largest absolute Gasteiger partial charge is 0.382 e. The summed E-state index contributed by atoms with van der Waals surface area (Å²) < 4.78 is 53.0. The maximum Gasteiger partial charge on any atom is 0.104 e. The summed E-state index contributed by atoms with van der Waals surface area (Å²) in [6.45, 7) is 10.4. The van der Waals surface area contributed by atoms with Gasteiger partial charge in [-0.2, -0.15) is 0 Å². The fourth-order valence-electron chi connectivity index (χ4n) is 2.06. The van der Waals surface area contributed by atoms with Crippen molar-refractivity contribution in [2.75, 3.05) is 126 Å². The second-order valence-electron chi connectivity index (χ2n) is 6.31. The normalized spacial score (nSPS) is 15.7. The Morgan fingerprint density at radius 2 is 0.733 bits per heavy atom. The molecule has 0 aliphatic carbocycles. The van der Waals surface area contributed by atoms with Gasteiger partial charge in [0.05, 0.1) is 119 Å². The summed E-state index contributed by atoms with van der Waals surface area (Å²) in [7, 11) is 1.65. The van der Waals surface area contributed by atoms with Gasteiger partial charge >= 0.3 is 0 Å². The van der Waals surface area contributed by atoms with Crippen molar-refractivity contribution in [3.63, 3.8) is 0 Å². The number of hydrogen-bond acceptors (Lipinski definition) is 10. The smallest absolute Gasteiger partial charge is 0.104 e. The molecule has 10 heteroatoms. The van der Waals surface area contributed by atoms with Crippen LogP contribution in [0.25, 0.3) is 0 Å². The first-order valence-corrected chi connectivity index (χ1v) is 10.7.